The Kier molecular flexibility index (Phi) is 5.64. The highest BCUT2D eigenvalue weighted by atomic mass is 35.5. The van der Waals surface area contributed by atoms with E-state index in [1.807, 2.05) is 6.07 Å². The molecule has 0 saturated carbocycles. The number of hydrogen-bond acceptors (Lipinski definition) is 0. The molecule has 16 heavy (non-hydrogen) atoms. The molecule has 0 bridgehead atoms. The first-order chi connectivity index (χ1) is 7.56. The largest absolute Gasteiger partial charge is 0.118 e. The monoisotopic (exact) mass is 258 g/mol. The number of aryl methyl sites for hydroxylation is 2. The fourth-order valence-electron chi connectivity index (χ4n) is 1.77. The van der Waals surface area contributed by atoms with Gasteiger partial charge in [0.15, 0.2) is 0 Å². The van der Waals surface area contributed by atoms with Crippen LogP contribution in [-0.2, 0) is 0 Å². The minimum Gasteiger partial charge on any atom is -0.118 e. The van der Waals surface area contributed by atoms with Crippen molar-refractivity contribution in [2.45, 2.75) is 51.8 Å². The van der Waals surface area contributed by atoms with Crippen molar-refractivity contribution in [2.24, 2.45) is 0 Å². The first-order valence-corrected chi connectivity index (χ1v) is 6.78. The van der Waals surface area contributed by atoms with Crippen molar-refractivity contribution in [3.63, 3.8) is 0 Å². The van der Waals surface area contributed by atoms with E-state index in [4.69, 9.17) is 23.2 Å². The average Bonchev–Trinajstić information content (AvgIpc) is 2.23. The molecular formula is C14H20Cl2. The number of unbranched alkanes of at least 4 members (excludes halogenated alkanes) is 2. The molecule has 0 nitrogen and oxygen atoms in total. The molecule has 2 heteroatoms. The van der Waals surface area contributed by atoms with Crippen LogP contribution in [0.4, 0.5) is 0 Å². The minimum absolute atomic E-state index is 0.0540. The zero-order valence-electron chi connectivity index (χ0n) is 10.3. The summed E-state index contributed by atoms with van der Waals surface area (Å²) in [4.78, 5) is 0. The molecule has 0 saturated heterocycles. The Morgan fingerprint density at radius 1 is 1.12 bits per heavy atom. The summed E-state index contributed by atoms with van der Waals surface area (Å²) in [6.07, 6.45) is 4.65. The number of rotatable bonds is 5. The van der Waals surface area contributed by atoms with Crippen molar-refractivity contribution in [1.82, 2.24) is 0 Å². The van der Waals surface area contributed by atoms with E-state index in [0.29, 0.717) is 0 Å². The van der Waals surface area contributed by atoms with E-state index in [0.717, 1.165) is 17.0 Å². The predicted molar refractivity (Wildman–Crippen MR) is 73.7 cm³/mol. The van der Waals surface area contributed by atoms with Crippen LogP contribution in [0, 0.1) is 13.8 Å². The van der Waals surface area contributed by atoms with Crippen LogP contribution in [0.2, 0.25) is 5.02 Å². The maximum absolute atomic E-state index is 6.39. The van der Waals surface area contributed by atoms with E-state index in [9.17, 15) is 0 Å². The van der Waals surface area contributed by atoms with Crippen LogP contribution in [0.5, 0.6) is 0 Å². The lowest BCUT2D eigenvalue weighted by Crippen LogP contribution is -1.95. The summed E-state index contributed by atoms with van der Waals surface area (Å²) in [5.41, 5.74) is 3.58. The molecule has 0 fully saturated rings. The Balaban J connectivity index is 2.75. The van der Waals surface area contributed by atoms with Crippen molar-refractivity contribution in [2.75, 3.05) is 0 Å². The topological polar surface area (TPSA) is 0 Å². The van der Waals surface area contributed by atoms with E-state index in [-0.39, 0.29) is 5.38 Å². The third-order valence-corrected chi connectivity index (χ3v) is 3.79. The maximum Gasteiger partial charge on any atom is 0.0600 e. The lowest BCUT2D eigenvalue weighted by atomic mass is 10.0. The van der Waals surface area contributed by atoms with Crippen molar-refractivity contribution in [3.05, 3.63) is 33.8 Å². The highest BCUT2D eigenvalue weighted by Crippen LogP contribution is 2.33. The number of hydrogen-bond donors (Lipinski definition) is 0. The molecule has 0 heterocycles. The van der Waals surface area contributed by atoms with Crippen molar-refractivity contribution in [1.29, 1.82) is 0 Å². The standard InChI is InChI=1S/C14H20Cl2/c1-4-5-6-7-13(15)12-8-10(2)11(3)9-14(12)16/h8-9,13H,4-7H2,1-3H3. The summed E-state index contributed by atoms with van der Waals surface area (Å²) in [6, 6.07) is 4.14. The summed E-state index contributed by atoms with van der Waals surface area (Å²) in [7, 11) is 0. The summed E-state index contributed by atoms with van der Waals surface area (Å²) in [6.45, 7) is 6.38. The lowest BCUT2D eigenvalue weighted by Gasteiger charge is -2.13. The van der Waals surface area contributed by atoms with Crippen LogP contribution in [0.1, 0.15) is 54.7 Å². The highest BCUT2D eigenvalue weighted by Gasteiger charge is 2.12. The van der Waals surface area contributed by atoms with Gasteiger partial charge < -0.3 is 0 Å². The predicted octanol–water partition coefficient (Wildman–Crippen LogP) is 5.82. The van der Waals surface area contributed by atoms with Gasteiger partial charge in [-0.2, -0.15) is 0 Å². The second-order valence-electron chi connectivity index (χ2n) is 4.42. The van der Waals surface area contributed by atoms with Gasteiger partial charge in [-0.25, -0.2) is 0 Å². The molecule has 1 aromatic carbocycles. The van der Waals surface area contributed by atoms with Crippen molar-refractivity contribution >= 4 is 23.2 Å². The van der Waals surface area contributed by atoms with Crippen LogP contribution in [0.3, 0.4) is 0 Å². The Labute approximate surface area is 109 Å². The second-order valence-corrected chi connectivity index (χ2v) is 5.36. The first-order valence-electron chi connectivity index (χ1n) is 5.97. The average molecular weight is 259 g/mol. The second kappa shape index (κ2) is 6.51. The van der Waals surface area contributed by atoms with Gasteiger partial charge in [-0.3, -0.25) is 0 Å². The van der Waals surface area contributed by atoms with Crippen LogP contribution in [0.25, 0.3) is 0 Å². The molecule has 1 rings (SSSR count). The first kappa shape index (κ1) is 13.9. The van der Waals surface area contributed by atoms with Crippen LogP contribution in [-0.4, -0.2) is 0 Å². The van der Waals surface area contributed by atoms with Gasteiger partial charge in [0.05, 0.1) is 5.38 Å². The van der Waals surface area contributed by atoms with Crippen LogP contribution < -0.4 is 0 Å². The van der Waals surface area contributed by atoms with E-state index >= 15 is 0 Å². The van der Waals surface area contributed by atoms with Crippen LogP contribution >= 0.6 is 23.2 Å². The van der Waals surface area contributed by atoms with Crippen LogP contribution in [0.15, 0.2) is 12.1 Å². The van der Waals surface area contributed by atoms with Crippen molar-refractivity contribution < 1.29 is 0 Å². The van der Waals surface area contributed by atoms with E-state index in [2.05, 4.69) is 26.8 Å². The number of alkyl halides is 1. The fraction of sp³-hybridized carbons (Fsp3) is 0.571. The quantitative estimate of drug-likeness (QED) is 0.462. The molecule has 1 unspecified atom stereocenters. The molecule has 0 radical (unpaired) electrons. The molecule has 0 aromatic heterocycles. The molecule has 0 spiro atoms. The summed E-state index contributed by atoms with van der Waals surface area (Å²) >= 11 is 12.6. The van der Waals surface area contributed by atoms with E-state index in [1.165, 1.54) is 30.4 Å². The smallest absolute Gasteiger partial charge is 0.0600 e. The summed E-state index contributed by atoms with van der Waals surface area (Å²) < 4.78 is 0. The van der Waals surface area contributed by atoms with E-state index < -0.39 is 0 Å². The molecule has 90 valence electrons. The fourth-order valence-corrected chi connectivity index (χ4v) is 2.51. The Bertz CT molecular complexity index is 345. The summed E-state index contributed by atoms with van der Waals surface area (Å²) in [5, 5.41) is 0.859. The zero-order valence-corrected chi connectivity index (χ0v) is 11.8. The minimum atomic E-state index is 0.0540. The van der Waals surface area contributed by atoms with Gasteiger partial charge in [0.2, 0.25) is 0 Å². The normalized spacial score (nSPS) is 12.8. The van der Waals surface area contributed by atoms with Gasteiger partial charge >= 0.3 is 0 Å². The third kappa shape index (κ3) is 3.68. The molecule has 0 N–H and O–H groups in total. The number of halogens is 2. The molecule has 1 atom stereocenters. The molecular weight excluding hydrogens is 239 g/mol. The molecule has 0 aliphatic heterocycles. The molecule has 0 aliphatic rings. The zero-order chi connectivity index (χ0) is 12.1. The van der Waals surface area contributed by atoms with Crippen molar-refractivity contribution in [3.8, 4) is 0 Å². The molecule has 1 aromatic rings. The van der Waals surface area contributed by atoms with Gasteiger partial charge in [0.25, 0.3) is 0 Å². The SMILES string of the molecule is CCCCCC(Cl)c1cc(C)c(C)cc1Cl. The van der Waals surface area contributed by atoms with Gasteiger partial charge in [-0.1, -0.05) is 43.9 Å². The maximum atomic E-state index is 6.39. The Hall–Kier alpha value is -0.200. The van der Waals surface area contributed by atoms with Gasteiger partial charge in [-0.05, 0) is 43.0 Å². The van der Waals surface area contributed by atoms with E-state index in [1.54, 1.807) is 0 Å². The Morgan fingerprint density at radius 2 is 1.75 bits per heavy atom. The van der Waals surface area contributed by atoms with Gasteiger partial charge in [-0.15, -0.1) is 11.6 Å². The third-order valence-electron chi connectivity index (χ3n) is 3.01. The van der Waals surface area contributed by atoms with Gasteiger partial charge in [0.1, 0.15) is 0 Å². The Morgan fingerprint density at radius 3 is 2.38 bits per heavy atom. The molecule has 0 amide bonds. The highest BCUT2D eigenvalue weighted by molar-refractivity contribution is 6.32. The summed E-state index contributed by atoms with van der Waals surface area (Å²) in [5.74, 6) is 0. The lowest BCUT2D eigenvalue weighted by molar-refractivity contribution is 0.655. The number of benzene rings is 1. The van der Waals surface area contributed by atoms with Gasteiger partial charge in [0, 0.05) is 5.02 Å². The molecule has 0 aliphatic carbocycles.